The highest BCUT2D eigenvalue weighted by atomic mass is 35.5. The van der Waals surface area contributed by atoms with E-state index in [1.165, 1.54) is 0 Å². The second kappa shape index (κ2) is 4.72. The number of benzene rings is 1. The van der Waals surface area contributed by atoms with Crippen LogP contribution in [0, 0.1) is 11.2 Å². The molecule has 1 aliphatic heterocycles. The molecule has 1 nitrogen and oxygen atoms in total. The second-order valence-corrected chi connectivity index (χ2v) is 5.15. The van der Waals surface area contributed by atoms with Gasteiger partial charge in [-0.05, 0) is 29.9 Å². The van der Waals surface area contributed by atoms with E-state index in [1.54, 1.807) is 6.07 Å². The van der Waals surface area contributed by atoms with Gasteiger partial charge in [0.2, 0.25) is 0 Å². The van der Waals surface area contributed by atoms with Gasteiger partial charge in [-0.15, -0.1) is 0 Å². The van der Waals surface area contributed by atoms with Gasteiger partial charge in [0.15, 0.2) is 0 Å². The van der Waals surface area contributed by atoms with E-state index < -0.39 is 0 Å². The zero-order valence-electron chi connectivity index (χ0n) is 9.52. The van der Waals surface area contributed by atoms with Crippen molar-refractivity contribution in [3.05, 3.63) is 34.6 Å². The third-order valence-electron chi connectivity index (χ3n) is 3.38. The summed E-state index contributed by atoms with van der Waals surface area (Å²) in [5, 5.41) is 3.52. The van der Waals surface area contributed by atoms with Gasteiger partial charge in [0.05, 0.1) is 5.02 Å². The van der Waals surface area contributed by atoms with Crippen molar-refractivity contribution in [2.24, 2.45) is 5.41 Å². The quantitative estimate of drug-likeness (QED) is 0.852. The zero-order chi connectivity index (χ0) is 11.6. The highest BCUT2D eigenvalue weighted by Gasteiger charge is 2.36. The van der Waals surface area contributed by atoms with Gasteiger partial charge in [-0.25, -0.2) is 4.39 Å². The minimum Gasteiger partial charge on any atom is -0.316 e. The molecule has 1 aromatic carbocycles. The molecule has 88 valence electrons. The highest BCUT2D eigenvalue weighted by molar-refractivity contribution is 6.30. The molecule has 0 aliphatic carbocycles. The van der Waals surface area contributed by atoms with Crippen molar-refractivity contribution >= 4 is 11.6 Å². The van der Waals surface area contributed by atoms with E-state index in [1.807, 2.05) is 12.1 Å². The Morgan fingerprint density at radius 3 is 2.75 bits per heavy atom. The van der Waals surface area contributed by atoms with Gasteiger partial charge in [0, 0.05) is 13.1 Å². The lowest BCUT2D eigenvalue weighted by Crippen LogP contribution is -2.54. The lowest BCUT2D eigenvalue weighted by atomic mass is 9.73. The van der Waals surface area contributed by atoms with Gasteiger partial charge in [0.25, 0.3) is 0 Å². The van der Waals surface area contributed by atoms with Crippen LogP contribution in [-0.4, -0.2) is 13.1 Å². The Balaban J connectivity index is 2.16. The summed E-state index contributed by atoms with van der Waals surface area (Å²) in [6.45, 7) is 4.16. The van der Waals surface area contributed by atoms with E-state index in [9.17, 15) is 4.39 Å². The largest absolute Gasteiger partial charge is 0.316 e. The van der Waals surface area contributed by atoms with Crippen molar-refractivity contribution in [3.63, 3.8) is 0 Å². The summed E-state index contributed by atoms with van der Waals surface area (Å²) in [6, 6.07) is 5.27. The predicted octanol–water partition coefficient (Wildman–Crippen LogP) is 3.41. The molecule has 2 rings (SSSR count). The fourth-order valence-corrected chi connectivity index (χ4v) is 2.68. The van der Waals surface area contributed by atoms with E-state index in [0.29, 0.717) is 0 Å². The van der Waals surface area contributed by atoms with Crippen LogP contribution >= 0.6 is 11.6 Å². The molecule has 1 heterocycles. The molecule has 0 radical (unpaired) electrons. The molecule has 1 saturated heterocycles. The SMILES string of the molecule is CCCC1(Cc2cccc(Cl)c2F)CNC1. The Bertz CT molecular complexity index is 374. The number of hydrogen-bond donors (Lipinski definition) is 1. The Morgan fingerprint density at radius 2 is 2.19 bits per heavy atom. The van der Waals surface area contributed by atoms with E-state index in [4.69, 9.17) is 11.6 Å². The molecule has 1 aromatic rings. The van der Waals surface area contributed by atoms with Crippen LogP contribution in [0.25, 0.3) is 0 Å². The maximum atomic E-state index is 13.8. The smallest absolute Gasteiger partial charge is 0.144 e. The molecule has 0 spiro atoms. The number of hydrogen-bond acceptors (Lipinski definition) is 1. The fourth-order valence-electron chi connectivity index (χ4n) is 2.49. The third-order valence-corrected chi connectivity index (χ3v) is 3.67. The van der Waals surface area contributed by atoms with E-state index in [-0.39, 0.29) is 16.3 Å². The minimum atomic E-state index is -0.244. The van der Waals surface area contributed by atoms with Crippen LogP contribution in [0.3, 0.4) is 0 Å². The molecule has 3 heteroatoms. The van der Waals surface area contributed by atoms with Crippen LogP contribution in [0.5, 0.6) is 0 Å². The molecule has 0 saturated carbocycles. The Labute approximate surface area is 101 Å². The van der Waals surface area contributed by atoms with Gasteiger partial charge in [-0.2, -0.15) is 0 Å². The number of rotatable bonds is 4. The normalized spacial score (nSPS) is 18.2. The Kier molecular flexibility index (Phi) is 3.50. The van der Waals surface area contributed by atoms with Crippen molar-refractivity contribution in [1.82, 2.24) is 5.32 Å². The maximum absolute atomic E-state index is 13.8. The molecule has 0 bridgehead atoms. The van der Waals surface area contributed by atoms with Crippen LogP contribution in [0.15, 0.2) is 18.2 Å². The van der Waals surface area contributed by atoms with Crippen LogP contribution < -0.4 is 5.32 Å². The first-order valence-electron chi connectivity index (χ1n) is 5.80. The summed E-state index contributed by atoms with van der Waals surface area (Å²) in [4.78, 5) is 0. The topological polar surface area (TPSA) is 12.0 Å². The lowest BCUT2D eigenvalue weighted by Gasteiger charge is -2.43. The molecular formula is C13H17ClFN. The molecule has 0 unspecified atom stereocenters. The fraction of sp³-hybridized carbons (Fsp3) is 0.538. The Hall–Kier alpha value is -0.600. The van der Waals surface area contributed by atoms with E-state index >= 15 is 0 Å². The molecule has 1 fully saturated rings. The average Bonchev–Trinajstić information content (AvgIpc) is 2.21. The van der Waals surface area contributed by atoms with Crippen molar-refractivity contribution in [2.75, 3.05) is 13.1 Å². The summed E-state index contributed by atoms with van der Waals surface area (Å²) in [5.74, 6) is -0.244. The zero-order valence-corrected chi connectivity index (χ0v) is 10.3. The lowest BCUT2D eigenvalue weighted by molar-refractivity contribution is 0.149. The highest BCUT2D eigenvalue weighted by Crippen LogP contribution is 2.34. The molecule has 16 heavy (non-hydrogen) atoms. The van der Waals surface area contributed by atoms with Crippen molar-refractivity contribution < 1.29 is 4.39 Å². The molecule has 0 aromatic heterocycles. The summed E-state index contributed by atoms with van der Waals surface area (Å²) >= 11 is 5.79. The predicted molar refractivity (Wildman–Crippen MR) is 65.3 cm³/mol. The first kappa shape index (κ1) is 11.9. The number of nitrogens with one attached hydrogen (secondary N) is 1. The van der Waals surface area contributed by atoms with Crippen LogP contribution in [0.2, 0.25) is 5.02 Å². The van der Waals surface area contributed by atoms with Gasteiger partial charge in [0.1, 0.15) is 5.82 Å². The van der Waals surface area contributed by atoms with Gasteiger partial charge < -0.3 is 5.32 Å². The summed E-state index contributed by atoms with van der Waals surface area (Å²) in [7, 11) is 0. The van der Waals surface area contributed by atoms with E-state index in [2.05, 4.69) is 12.2 Å². The van der Waals surface area contributed by atoms with Gasteiger partial charge >= 0.3 is 0 Å². The molecule has 0 atom stereocenters. The van der Waals surface area contributed by atoms with Crippen molar-refractivity contribution in [3.8, 4) is 0 Å². The first-order valence-corrected chi connectivity index (χ1v) is 6.18. The monoisotopic (exact) mass is 241 g/mol. The van der Waals surface area contributed by atoms with Crippen LogP contribution in [0.1, 0.15) is 25.3 Å². The summed E-state index contributed by atoms with van der Waals surface area (Å²) in [5.41, 5.74) is 1.00. The minimum absolute atomic E-state index is 0.233. The maximum Gasteiger partial charge on any atom is 0.144 e. The first-order chi connectivity index (χ1) is 7.67. The van der Waals surface area contributed by atoms with Gasteiger partial charge in [-0.1, -0.05) is 37.1 Å². The molecule has 1 N–H and O–H groups in total. The van der Waals surface area contributed by atoms with Gasteiger partial charge in [-0.3, -0.25) is 0 Å². The van der Waals surface area contributed by atoms with Crippen LogP contribution in [0.4, 0.5) is 4.39 Å². The summed E-state index contributed by atoms with van der Waals surface area (Å²) in [6.07, 6.45) is 3.08. The van der Waals surface area contributed by atoms with Crippen molar-refractivity contribution in [2.45, 2.75) is 26.2 Å². The Morgan fingerprint density at radius 1 is 1.44 bits per heavy atom. The van der Waals surface area contributed by atoms with Crippen LogP contribution in [-0.2, 0) is 6.42 Å². The summed E-state index contributed by atoms with van der Waals surface area (Å²) < 4.78 is 13.8. The standard InChI is InChI=1S/C13H17ClFN/c1-2-6-13(8-16-9-13)7-10-4-3-5-11(14)12(10)15/h3-5,16H,2,6-9H2,1H3. The third kappa shape index (κ3) is 2.23. The van der Waals surface area contributed by atoms with Crippen molar-refractivity contribution in [1.29, 1.82) is 0 Å². The number of halogens is 2. The molecule has 1 aliphatic rings. The van der Waals surface area contributed by atoms with E-state index in [0.717, 1.165) is 37.9 Å². The second-order valence-electron chi connectivity index (χ2n) is 4.74. The molecule has 0 amide bonds. The molecular weight excluding hydrogens is 225 g/mol. The average molecular weight is 242 g/mol.